The van der Waals surface area contributed by atoms with Crippen LogP contribution in [0.15, 0.2) is 42.6 Å². The largest absolute Gasteiger partial charge is 0.433 e. The Kier molecular flexibility index (Phi) is 6.47. The Morgan fingerprint density at radius 3 is 2.34 bits per heavy atom. The van der Waals surface area contributed by atoms with Gasteiger partial charge in [-0.15, -0.1) is 0 Å². The maximum Gasteiger partial charge on any atom is 0.433 e. The Hall–Kier alpha value is -3.15. The molecule has 0 fully saturated rings. The van der Waals surface area contributed by atoms with Gasteiger partial charge in [0.15, 0.2) is 0 Å². The van der Waals surface area contributed by atoms with Crippen molar-refractivity contribution in [2.24, 2.45) is 5.73 Å². The van der Waals surface area contributed by atoms with E-state index in [4.69, 9.17) is 5.73 Å². The number of pyridine rings is 1. The molecular weight excluding hydrogens is 413 g/mol. The summed E-state index contributed by atoms with van der Waals surface area (Å²) in [5, 5.41) is 2.48. The SMILES string of the molecule is CS(=O)(=O)N(CC(N)=O)c1ccccc1C(=O)NCc1ccc(C(F)(F)F)nc1. The van der Waals surface area contributed by atoms with Gasteiger partial charge in [0.1, 0.15) is 12.2 Å². The Bertz CT molecular complexity index is 1010. The number of amides is 2. The lowest BCUT2D eigenvalue weighted by Gasteiger charge is -2.23. The standard InChI is InChI=1S/C17H17F3N4O4S/c1-29(27,28)24(10-15(21)25)13-5-3-2-4-12(13)16(26)23-9-11-6-7-14(22-8-11)17(18,19)20/h2-8H,9-10H2,1H3,(H2,21,25)(H,23,26). The number of hydrogen-bond donors (Lipinski definition) is 2. The van der Waals surface area contributed by atoms with E-state index in [0.29, 0.717) is 9.87 Å². The molecular formula is C17H17F3N4O4S. The van der Waals surface area contributed by atoms with Gasteiger partial charge in [0.05, 0.1) is 17.5 Å². The van der Waals surface area contributed by atoms with E-state index in [0.717, 1.165) is 24.6 Å². The quantitative estimate of drug-likeness (QED) is 0.685. The molecule has 1 aromatic carbocycles. The van der Waals surface area contributed by atoms with Crippen LogP contribution in [0.4, 0.5) is 18.9 Å². The van der Waals surface area contributed by atoms with Crippen molar-refractivity contribution in [3.63, 3.8) is 0 Å². The number of rotatable bonds is 7. The molecule has 8 nitrogen and oxygen atoms in total. The number of primary amides is 1. The van der Waals surface area contributed by atoms with Gasteiger partial charge in [0, 0.05) is 12.7 Å². The van der Waals surface area contributed by atoms with Crippen LogP contribution in [-0.4, -0.2) is 38.0 Å². The van der Waals surface area contributed by atoms with Crippen molar-refractivity contribution in [2.75, 3.05) is 17.1 Å². The highest BCUT2D eigenvalue weighted by Gasteiger charge is 2.32. The lowest BCUT2D eigenvalue weighted by atomic mass is 10.1. The summed E-state index contributed by atoms with van der Waals surface area (Å²) in [6.45, 7) is -0.807. The summed E-state index contributed by atoms with van der Waals surface area (Å²) < 4.78 is 62.4. The molecule has 0 unspecified atom stereocenters. The first-order valence-corrected chi connectivity index (χ1v) is 9.90. The minimum absolute atomic E-state index is 0.0564. The summed E-state index contributed by atoms with van der Waals surface area (Å²) in [4.78, 5) is 27.1. The molecule has 12 heteroatoms. The maximum absolute atomic E-state index is 12.5. The van der Waals surface area contributed by atoms with Crippen molar-refractivity contribution < 1.29 is 31.2 Å². The number of hydrogen-bond acceptors (Lipinski definition) is 5. The van der Waals surface area contributed by atoms with E-state index < -0.39 is 40.3 Å². The van der Waals surface area contributed by atoms with E-state index in [1.807, 2.05) is 0 Å². The molecule has 0 saturated heterocycles. The van der Waals surface area contributed by atoms with E-state index in [9.17, 15) is 31.2 Å². The molecule has 0 aliphatic heterocycles. The fourth-order valence-corrected chi connectivity index (χ4v) is 3.26. The Morgan fingerprint density at radius 1 is 1.17 bits per heavy atom. The second kappa shape index (κ2) is 8.47. The number of carbonyl (C=O) groups excluding carboxylic acids is 2. The topological polar surface area (TPSA) is 122 Å². The van der Waals surface area contributed by atoms with Gasteiger partial charge < -0.3 is 11.1 Å². The number of nitrogens with zero attached hydrogens (tertiary/aromatic N) is 2. The summed E-state index contributed by atoms with van der Waals surface area (Å²) >= 11 is 0. The Balaban J connectivity index is 2.22. The number of carbonyl (C=O) groups is 2. The van der Waals surface area contributed by atoms with Crippen LogP contribution >= 0.6 is 0 Å². The molecule has 2 rings (SSSR count). The van der Waals surface area contributed by atoms with Crippen LogP contribution in [0.25, 0.3) is 0 Å². The van der Waals surface area contributed by atoms with Crippen LogP contribution in [0, 0.1) is 0 Å². The maximum atomic E-state index is 12.5. The molecule has 0 radical (unpaired) electrons. The first-order chi connectivity index (χ1) is 13.4. The molecule has 0 spiro atoms. The smallest absolute Gasteiger partial charge is 0.368 e. The average molecular weight is 430 g/mol. The lowest BCUT2D eigenvalue weighted by molar-refractivity contribution is -0.141. The summed E-state index contributed by atoms with van der Waals surface area (Å²) in [5.74, 6) is -1.61. The van der Waals surface area contributed by atoms with Crippen LogP contribution in [0.1, 0.15) is 21.6 Å². The molecule has 0 aliphatic carbocycles. The fourth-order valence-electron chi connectivity index (χ4n) is 2.38. The van der Waals surface area contributed by atoms with Crippen LogP contribution in [0.5, 0.6) is 0 Å². The van der Waals surface area contributed by atoms with E-state index in [1.165, 1.54) is 24.3 Å². The number of para-hydroxylation sites is 1. The van der Waals surface area contributed by atoms with Gasteiger partial charge in [-0.1, -0.05) is 18.2 Å². The van der Waals surface area contributed by atoms with Crippen molar-refractivity contribution >= 4 is 27.5 Å². The minimum atomic E-state index is -4.57. The van der Waals surface area contributed by atoms with E-state index in [1.54, 1.807) is 0 Å². The zero-order valence-corrected chi connectivity index (χ0v) is 15.9. The zero-order chi connectivity index (χ0) is 21.8. The van der Waals surface area contributed by atoms with Crippen molar-refractivity contribution in [3.05, 3.63) is 59.4 Å². The number of alkyl halides is 3. The summed E-state index contributed by atoms with van der Waals surface area (Å²) in [6, 6.07) is 7.59. The molecule has 3 N–H and O–H groups in total. The summed E-state index contributed by atoms with van der Waals surface area (Å²) in [6.07, 6.45) is -2.74. The molecule has 2 aromatic rings. The molecule has 0 saturated carbocycles. The van der Waals surface area contributed by atoms with Gasteiger partial charge in [-0.25, -0.2) is 8.42 Å². The first-order valence-electron chi connectivity index (χ1n) is 8.05. The Morgan fingerprint density at radius 2 is 1.83 bits per heavy atom. The van der Waals surface area contributed by atoms with Gasteiger partial charge in [-0.05, 0) is 23.8 Å². The highest BCUT2D eigenvalue weighted by atomic mass is 32.2. The number of anilines is 1. The van der Waals surface area contributed by atoms with Gasteiger partial charge in [-0.2, -0.15) is 13.2 Å². The number of aromatic nitrogens is 1. The normalized spacial score (nSPS) is 11.7. The number of halogens is 3. The van der Waals surface area contributed by atoms with Crippen LogP contribution < -0.4 is 15.4 Å². The number of nitrogens with one attached hydrogen (secondary N) is 1. The third-order valence-corrected chi connectivity index (χ3v) is 4.81. The van der Waals surface area contributed by atoms with E-state index in [-0.39, 0.29) is 17.8 Å². The second-order valence-corrected chi connectivity index (χ2v) is 7.89. The number of nitrogens with two attached hydrogens (primary N) is 1. The molecule has 0 atom stereocenters. The molecule has 156 valence electrons. The zero-order valence-electron chi connectivity index (χ0n) is 15.1. The minimum Gasteiger partial charge on any atom is -0.368 e. The second-order valence-electron chi connectivity index (χ2n) is 5.99. The fraction of sp³-hybridized carbons (Fsp3) is 0.235. The van der Waals surface area contributed by atoms with Crippen LogP contribution in [-0.2, 0) is 27.5 Å². The predicted octanol–water partition coefficient (Wildman–Crippen LogP) is 1.28. The molecule has 1 aromatic heterocycles. The van der Waals surface area contributed by atoms with E-state index in [2.05, 4.69) is 10.3 Å². The number of sulfonamides is 1. The highest BCUT2D eigenvalue weighted by molar-refractivity contribution is 7.92. The first kappa shape index (κ1) is 22.1. The van der Waals surface area contributed by atoms with Gasteiger partial charge in [0.25, 0.3) is 5.91 Å². The lowest BCUT2D eigenvalue weighted by Crippen LogP contribution is -2.39. The summed E-state index contributed by atoms with van der Waals surface area (Å²) in [5.41, 5.74) is 4.23. The summed E-state index contributed by atoms with van der Waals surface area (Å²) in [7, 11) is -3.92. The van der Waals surface area contributed by atoms with Crippen molar-refractivity contribution in [1.29, 1.82) is 0 Å². The van der Waals surface area contributed by atoms with Gasteiger partial charge >= 0.3 is 6.18 Å². The molecule has 2 amide bonds. The van der Waals surface area contributed by atoms with Crippen molar-refractivity contribution in [2.45, 2.75) is 12.7 Å². The van der Waals surface area contributed by atoms with E-state index >= 15 is 0 Å². The molecule has 29 heavy (non-hydrogen) atoms. The predicted molar refractivity (Wildman–Crippen MR) is 98.2 cm³/mol. The third kappa shape index (κ3) is 5.91. The van der Waals surface area contributed by atoms with Crippen LogP contribution in [0.3, 0.4) is 0 Å². The highest BCUT2D eigenvalue weighted by Crippen LogP contribution is 2.27. The Labute approximate surface area is 164 Å². The third-order valence-electron chi connectivity index (χ3n) is 3.69. The number of benzene rings is 1. The average Bonchev–Trinajstić information content (AvgIpc) is 2.63. The van der Waals surface area contributed by atoms with Gasteiger partial charge in [0.2, 0.25) is 15.9 Å². The molecule has 0 aliphatic rings. The molecule has 0 bridgehead atoms. The van der Waals surface area contributed by atoms with Crippen LogP contribution in [0.2, 0.25) is 0 Å². The molecule has 1 heterocycles. The van der Waals surface area contributed by atoms with Crippen molar-refractivity contribution in [3.8, 4) is 0 Å². The monoisotopic (exact) mass is 430 g/mol. The van der Waals surface area contributed by atoms with Gasteiger partial charge in [-0.3, -0.25) is 18.9 Å². The van der Waals surface area contributed by atoms with Crippen molar-refractivity contribution in [1.82, 2.24) is 10.3 Å².